The van der Waals surface area contributed by atoms with Crippen molar-refractivity contribution >= 4 is 34.2 Å². The molecule has 2 heterocycles. The van der Waals surface area contributed by atoms with Crippen molar-refractivity contribution in [3.05, 3.63) is 0 Å². The minimum absolute atomic E-state index is 0.0424. The molecule has 5 nitrogen and oxygen atoms in total. The molecule has 112 valence electrons. The lowest BCUT2D eigenvalue weighted by atomic mass is 9.75. The van der Waals surface area contributed by atoms with E-state index in [0.29, 0.717) is 5.41 Å². The molecule has 20 heavy (non-hydrogen) atoms. The maximum atomic E-state index is 10.5. The zero-order valence-electron chi connectivity index (χ0n) is 12.1. The van der Waals surface area contributed by atoms with E-state index >= 15 is 0 Å². The molecule has 1 aliphatic heterocycles. The number of carboxylic acids is 1. The van der Waals surface area contributed by atoms with Crippen LogP contribution in [0.25, 0.3) is 0 Å². The predicted molar refractivity (Wildman–Crippen MR) is 82.7 cm³/mol. The second-order valence-corrected chi connectivity index (χ2v) is 8.34. The number of rotatable bonds is 4. The summed E-state index contributed by atoms with van der Waals surface area (Å²) < 4.78 is 0.736. The number of piperidine rings is 1. The lowest BCUT2D eigenvalue weighted by molar-refractivity contribution is -0.133. The fourth-order valence-corrected chi connectivity index (χ4v) is 4.06. The maximum absolute atomic E-state index is 10.5. The second-order valence-electron chi connectivity index (χ2n) is 6.16. The average molecular weight is 315 g/mol. The molecule has 0 aliphatic carbocycles. The molecule has 0 aromatic carbocycles. The van der Waals surface area contributed by atoms with E-state index in [1.54, 1.807) is 0 Å². The summed E-state index contributed by atoms with van der Waals surface area (Å²) in [6, 6.07) is 0. The molecule has 1 N–H and O–H groups in total. The van der Waals surface area contributed by atoms with Crippen LogP contribution in [-0.2, 0) is 4.79 Å². The van der Waals surface area contributed by atoms with Crippen molar-refractivity contribution in [3.63, 3.8) is 0 Å². The first kappa shape index (κ1) is 15.6. The minimum Gasteiger partial charge on any atom is -0.481 e. The van der Waals surface area contributed by atoms with Crippen LogP contribution >= 0.6 is 23.1 Å². The summed E-state index contributed by atoms with van der Waals surface area (Å²) in [5.41, 5.74) is 0.371. The van der Waals surface area contributed by atoms with E-state index in [4.69, 9.17) is 5.11 Å². The van der Waals surface area contributed by atoms with Gasteiger partial charge in [0.1, 0.15) is 0 Å². The number of aliphatic carboxylic acids is 1. The predicted octanol–water partition coefficient (Wildman–Crippen LogP) is 2.98. The van der Waals surface area contributed by atoms with Crippen LogP contribution in [0.3, 0.4) is 0 Å². The zero-order valence-corrected chi connectivity index (χ0v) is 13.8. The zero-order chi connectivity index (χ0) is 14.8. The van der Waals surface area contributed by atoms with Crippen LogP contribution in [0.1, 0.15) is 33.6 Å². The highest BCUT2D eigenvalue weighted by atomic mass is 32.2. The normalized spacial score (nSPS) is 17.4. The lowest BCUT2D eigenvalue weighted by Crippen LogP contribution is -2.37. The number of aromatic nitrogens is 2. The second kappa shape index (κ2) is 6.30. The van der Waals surface area contributed by atoms with E-state index < -0.39 is 5.97 Å². The average Bonchev–Trinajstić information content (AvgIpc) is 2.84. The Morgan fingerprint density at radius 3 is 2.60 bits per heavy atom. The van der Waals surface area contributed by atoms with Crippen molar-refractivity contribution in [2.45, 2.75) is 38.0 Å². The molecular formula is C13H21N3O2S2. The molecular weight excluding hydrogens is 294 g/mol. The minimum atomic E-state index is -0.822. The van der Waals surface area contributed by atoms with Gasteiger partial charge in [0.05, 0.1) is 5.75 Å². The SMILES string of the molecule is CC(C)(C)C1CCN(c2nnc(SCC(=O)O)s2)CC1. The molecule has 2 rings (SSSR count). The monoisotopic (exact) mass is 315 g/mol. The number of hydrogen-bond donors (Lipinski definition) is 1. The van der Waals surface area contributed by atoms with Crippen molar-refractivity contribution in [2.24, 2.45) is 11.3 Å². The molecule has 0 atom stereocenters. The van der Waals surface area contributed by atoms with Gasteiger partial charge in [-0.05, 0) is 24.2 Å². The lowest BCUT2D eigenvalue weighted by Gasteiger charge is -2.38. The first-order valence-electron chi connectivity index (χ1n) is 6.79. The van der Waals surface area contributed by atoms with Gasteiger partial charge >= 0.3 is 5.97 Å². The van der Waals surface area contributed by atoms with Crippen LogP contribution in [0.4, 0.5) is 5.13 Å². The fourth-order valence-electron chi connectivity index (χ4n) is 2.45. The van der Waals surface area contributed by atoms with Gasteiger partial charge < -0.3 is 10.0 Å². The van der Waals surface area contributed by atoms with E-state index in [1.807, 2.05) is 0 Å². The van der Waals surface area contributed by atoms with Gasteiger partial charge in [0.15, 0.2) is 4.34 Å². The molecule has 0 spiro atoms. The summed E-state index contributed by atoms with van der Waals surface area (Å²) in [5.74, 6) is -0.0222. The smallest absolute Gasteiger partial charge is 0.313 e. The molecule has 1 fully saturated rings. The Bertz CT molecular complexity index is 462. The first-order chi connectivity index (χ1) is 9.36. The van der Waals surface area contributed by atoms with Gasteiger partial charge in [-0.1, -0.05) is 43.9 Å². The van der Waals surface area contributed by atoms with Gasteiger partial charge in [-0.25, -0.2) is 0 Å². The highest BCUT2D eigenvalue weighted by Gasteiger charge is 2.29. The van der Waals surface area contributed by atoms with Gasteiger partial charge in [-0.3, -0.25) is 4.79 Å². The van der Waals surface area contributed by atoms with E-state index in [1.165, 1.54) is 35.9 Å². The molecule has 0 saturated carbocycles. The third-order valence-corrected chi connectivity index (χ3v) is 5.81. The van der Waals surface area contributed by atoms with Crippen LogP contribution in [0.2, 0.25) is 0 Å². The van der Waals surface area contributed by atoms with Gasteiger partial charge in [0.2, 0.25) is 5.13 Å². The molecule has 0 amide bonds. The highest BCUT2D eigenvalue weighted by Crippen LogP contribution is 2.36. The van der Waals surface area contributed by atoms with E-state index in [-0.39, 0.29) is 5.75 Å². The largest absolute Gasteiger partial charge is 0.481 e. The number of nitrogens with zero attached hydrogens (tertiary/aromatic N) is 3. The van der Waals surface area contributed by atoms with Crippen LogP contribution in [0.15, 0.2) is 4.34 Å². The van der Waals surface area contributed by atoms with Crippen LogP contribution < -0.4 is 4.90 Å². The third kappa shape index (κ3) is 4.09. The Morgan fingerprint density at radius 1 is 1.40 bits per heavy atom. The number of carbonyl (C=O) groups is 1. The molecule has 0 radical (unpaired) electrons. The Balaban J connectivity index is 1.89. The third-order valence-electron chi connectivity index (χ3n) is 3.71. The van der Waals surface area contributed by atoms with Gasteiger partial charge in [0, 0.05) is 13.1 Å². The number of thioether (sulfide) groups is 1. The first-order valence-corrected chi connectivity index (χ1v) is 8.59. The highest BCUT2D eigenvalue weighted by molar-refractivity contribution is 8.01. The molecule has 0 bridgehead atoms. The summed E-state index contributed by atoms with van der Waals surface area (Å²) in [4.78, 5) is 12.8. The molecule has 7 heteroatoms. The van der Waals surface area contributed by atoms with E-state index in [2.05, 4.69) is 35.9 Å². The molecule has 1 aromatic heterocycles. The van der Waals surface area contributed by atoms with Gasteiger partial charge in [-0.15, -0.1) is 10.2 Å². The van der Waals surface area contributed by atoms with Crippen molar-refractivity contribution in [2.75, 3.05) is 23.7 Å². The molecule has 1 aliphatic rings. The van der Waals surface area contributed by atoms with Crippen molar-refractivity contribution in [1.82, 2.24) is 10.2 Å². The maximum Gasteiger partial charge on any atom is 0.313 e. The summed E-state index contributed by atoms with van der Waals surface area (Å²) in [7, 11) is 0. The number of anilines is 1. The van der Waals surface area contributed by atoms with E-state index in [9.17, 15) is 4.79 Å². The van der Waals surface area contributed by atoms with Crippen LogP contribution in [0, 0.1) is 11.3 Å². The van der Waals surface area contributed by atoms with Crippen molar-refractivity contribution in [3.8, 4) is 0 Å². The van der Waals surface area contributed by atoms with Gasteiger partial charge in [0.25, 0.3) is 0 Å². The molecule has 0 unspecified atom stereocenters. The number of carboxylic acid groups (broad SMARTS) is 1. The van der Waals surface area contributed by atoms with Crippen LogP contribution in [0.5, 0.6) is 0 Å². The quantitative estimate of drug-likeness (QED) is 0.862. The standard InChI is InChI=1S/C13H21N3O2S2/c1-13(2,3)9-4-6-16(7-5-9)11-14-15-12(20-11)19-8-10(17)18/h9H,4-8H2,1-3H3,(H,17,18). The topological polar surface area (TPSA) is 66.3 Å². The van der Waals surface area contributed by atoms with Crippen molar-refractivity contribution < 1.29 is 9.90 Å². The summed E-state index contributed by atoms with van der Waals surface area (Å²) >= 11 is 2.73. The Labute approximate surface area is 127 Å². The molecule has 1 aromatic rings. The van der Waals surface area contributed by atoms with Crippen LogP contribution in [-0.4, -0.2) is 40.1 Å². The summed E-state index contributed by atoms with van der Waals surface area (Å²) in [5, 5.41) is 17.8. The summed E-state index contributed by atoms with van der Waals surface area (Å²) in [6.45, 7) is 8.94. The Kier molecular flexibility index (Phi) is 4.90. The molecule has 1 saturated heterocycles. The summed E-state index contributed by atoms with van der Waals surface area (Å²) in [6.07, 6.45) is 2.36. The van der Waals surface area contributed by atoms with E-state index in [0.717, 1.165) is 28.5 Å². The van der Waals surface area contributed by atoms with Gasteiger partial charge in [-0.2, -0.15) is 0 Å². The fraction of sp³-hybridized carbons (Fsp3) is 0.769. The Hall–Kier alpha value is -0.820. The Morgan fingerprint density at radius 2 is 2.05 bits per heavy atom. The van der Waals surface area contributed by atoms with Crippen molar-refractivity contribution in [1.29, 1.82) is 0 Å². The number of hydrogen-bond acceptors (Lipinski definition) is 6.